The molecule has 100 valence electrons. The first kappa shape index (κ1) is 14.5. The molecular weight excluding hydrogens is 216 g/mol. The minimum atomic E-state index is 0.174. The maximum absolute atomic E-state index is 11.8. The highest BCUT2D eigenvalue weighted by molar-refractivity contribution is 5.76. The molecule has 0 bridgehead atoms. The van der Waals surface area contributed by atoms with E-state index in [4.69, 9.17) is 4.74 Å². The molecule has 2 N–H and O–H groups in total. The lowest BCUT2D eigenvalue weighted by Gasteiger charge is -2.17. The third-order valence-corrected chi connectivity index (χ3v) is 3.31. The van der Waals surface area contributed by atoms with E-state index in [1.54, 1.807) is 7.11 Å². The van der Waals surface area contributed by atoms with E-state index in [0.717, 1.165) is 32.4 Å². The molecule has 4 heteroatoms. The van der Waals surface area contributed by atoms with Gasteiger partial charge in [-0.3, -0.25) is 4.79 Å². The molecule has 0 aliphatic carbocycles. The van der Waals surface area contributed by atoms with Gasteiger partial charge in [0.05, 0.1) is 12.6 Å². The average Bonchev–Trinajstić information content (AvgIpc) is 2.80. The summed E-state index contributed by atoms with van der Waals surface area (Å²) in [6.45, 7) is 4.92. The number of amides is 1. The third kappa shape index (κ3) is 6.03. The van der Waals surface area contributed by atoms with Gasteiger partial charge in [-0.15, -0.1) is 0 Å². The van der Waals surface area contributed by atoms with E-state index in [2.05, 4.69) is 17.6 Å². The molecule has 1 amide bonds. The lowest BCUT2D eigenvalue weighted by molar-refractivity contribution is -0.122. The number of methoxy groups -OCH3 is 1. The molecule has 1 saturated heterocycles. The summed E-state index contributed by atoms with van der Waals surface area (Å²) in [4.78, 5) is 11.8. The van der Waals surface area contributed by atoms with E-state index in [-0.39, 0.29) is 11.9 Å². The Hall–Kier alpha value is -0.610. The summed E-state index contributed by atoms with van der Waals surface area (Å²) < 4.78 is 5.11. The molecule has 0 aromatic rings. The molecule has 1 rings (SSSR count). The first-order valence-corrected chi connectivity index (χ1v) is 6.75. The van der Waals surface area contributed by atoms with Crippen LogP contribution in [0.15, 0.2) is 0 Å². The van der Waals surface area contributed by atoms with E-state index in [1.807, 2.05) is 0 Å². The van der Waals surface area contributed by atoms with E-state index in [0.29, 0.717) is 18.9 Å². The normalized spacial score (nSPS) is 21.4. The van der Waals surface area contributed by atoms with E-state index in [1.165, 1.54) is 6.42 Å². The Morgan fingerprint density at radius 2 is 2.41 bits per heavy atom. The topological polar surface area (TPSA) is 50.4 Å². The van der Waals surface area contributed by atoms with Crippen LogP contribution in [0.3, 0.4) is 0 Å². The predicted molar refractivity (Wildman–Crippen MR) is 68.9 cm³/mol. The summed E-state index contributed by atoms with van der Waals surface area (Å²) >= 11 is 0. The van der Waals surface area contributed by atoms with Crippen molar-refractivity contribution in [3.8, 4) is 0 Å². The van der Waals surface area contributed by atoms with Gasteiger partial charge in [0.15, 0.2) is 0 Å². The van der Waals surface area contributed by atoms with Crippen molar-refractivity contribution in [1.29, 1.82) is 0 Å². The fourth-order valence-electron chi connectivity index (χ4n) is 2.34. The Morgan fingerprint density at radius 3 is 3.00 bits per heavy atom. The fourth-order valence-corrected chi connectivity index (χ4v) is 2.34. The summed E-state index contributed by atoms with van der Waals surface area (Å²) in [5.74, 6) is 0.861. The smallest absolute Gasteiger partial charge is 0.220 e. The summed E-state index contributed by atoms with van der Waals surface area (Å²) in [6.07, 6.45) is 4.93. The van der Waals surface area contributed by atoms with Crippen LogP contribution in [-0.2, 0) is 9.53 Å². The van der Waals surface area contributed by atoms with Gasteiger partial charge in [-0.05, 0) is 38.3 Å². The number of nitrogens with one attached hydrogen (secondary N) is 2. The number of hydrogen-bond donors (Lipinski definition) is 2. The molecule has 0 radical (unpaired) electrons. The number of carbonyl (C=O) groups is 1. The molecule has 1 heterocycles. The number of rotatable bonds is 8. The highest BCUT2D eigenvalue weighted by atomic mass is 16.5. The standard InChI is InChI=1S/C13H26N2O2/c1-3-4-12(10-17-2)15-13(16)6-5-11-7-8-14-9-11/h11-12,14H,3-10H2,1-2H3,(H,15,16). The van der Waals surface area contributed by atoms with Crippen molar-refractivity contribution in [3.05, 3.63) is 0 Å². The van der Waals surface area contributed by atoms with Gasteiger partial charge < -0.3 is 15.4 Å². The van der Waals surface area contributed by atoms with Crippen molar-refractivity contribution in [2.75, 3.05) is 26.8 Å². The van der Waals surface area contributed by atoms with Crippen molar-refractivity contribution in [2.45, 2.75) is 45.1 Å². The Balaban J connectivity index is 2.16. The second kappa shape index (κ2) is 8.48. The maximum Gasteiger partial charge on any atom is 0.220 e. The molecule has 2 atom stereocenters. The van der Waals surface area contributed by atoms with Crippen LogP contribution in [0.1, 0.15) is 39.0 Å². The zero-order chi connectivity index (χ0) is 12.5. The van der Waals surface area contributed by atoms with Gasteiger partial charge in [0, 0.05) is 13.5 Å². The minimum absolute atomic E-state index is 0.174. The van der Waals surface area contributed by atoms with Crippen LogP contribution in [0.25, 0.3) is 0 Å². The van der Waals surface area contributed by atoms with E-state index >= 15 is 0 Å². The second-order valence-corrected chi connectivity index (χ2v) is 4.91. The van der Waals surface area contributed by atoms with Crippen LogP contribution >= 0.6 is 0 Å². The Morgan fingerprint density at radius 1 is 1.59 bits per heavy atom. The molecule has 0 aromatic heterocycles. The van der Waals surface area contributed by atoms with Crippen LogP contribution in [-0.4, -0.2) is 38.8 Å². The second-order valence-electron chi connectivity index (χ2n) is 4.91. The monoisotopic (exact) mass is 242 g/mol. The highest BCUT2D eigenvalue weighted by Crippen LogP contribution is 2.14. The van der Waals surface area contributed by atoms with Crippen molar-refractivity contribution in [1.82, 2.24) is 10.6 Å². The zero-order valence-electron chi connectivity index (χ0n) is 11.1. The summed E-state index contributed by atoms with van der Waals surface area (Å²) in [5, 5.41) is 6.38. The molecule has 4 nitrogen and oxygen atoms in total. The maximum atomic E-state index is 11.8. The Labute approximate surface area is 104 Å². The van der Waals surface area contributed by atoms with E-state index < -0.39 is 0 Å². The lowest BCUT2D eigenvalue weighted by Crippen LogP contribution is -2.38. The molecule has 1 fully saturated rings. The van der Waals surface area contributed by atoms with Gasteiger partial charge in [0.25, 0.3) is 0 Å². The molecule has 2 unspecified atom stereocenters. The lowest BCUT2D eigenvalue weighted by atomic mass is 10.0. The number of ether oxygens (including phenoxy) is 1. The quantitative estimate of drug-likeness (QED) is 0.674. The first-order valence-electron chi connectivity index (χ1n) is 6.75. The number of hydrogen-bond acceptors (Lipinski definition) is 3. The average molecular weight is 242 g/mol. The van der Waals surface area contributed by atoms with Crippen LogP contribution in [0.4, 0.5) is 0 Å². The summed E-state index contributed by atoms with van der Waals surface area (Å²) in [5.41, 5.74) is 0. The van der Waals surface area contributed by atoms with Gasteiger partial charge >= 0.3 is 0 Å². The molecule has 17 heavy (non-hydrogen) atoms. The Bertz CT molecular complexity index is 209. The molecule has 1 aliphatic rings. The largest absolute Gasteiger partial charge is 0.383 e. The summed E-state index contributed by atoms with van der Waals surface area (Å²) in [7, 11) is 1.68. The van der Waals surface area contributed by atoms with Crippen LogP contribution in [0, 0.1) is 5.92 Å². The van der Waals surface area contributed by atoms with Gasteiger partial charge in [0.1, 0.15) is 0 Å². The van der Waals surface area contributed by atoms with Gasteiger partial charge in [0.2, 0.25) is 5.91 Å². The molecule has 1 aliphatic heterocycles. The van der Waals surface area contributed by atoms with Crippen LogP contribution in [0.5, 0.6) is 0 Å². The molecular formula is C13H26N2O2. The highest BCUT2D eigenvalue weighted by Gasteiger charge is 2.17. The van der Waals surface area contributed by atoms with Crippen LogP contribution in [0.2, 0.25) is 0 Å². The summed E-state index contributed by atoms with van der Waals surface area (Å²) in [6, 6.07) is 0.180. The molecule has 0 aromatic carbocycles. The van der Waals surface area contributed by atoms with Gasteiger partial charge in [-0.25, -0.2) is 0 Å². The number of carbonyl (C=O) groups excluding carboxylic acids is 1. The SMILES string of the molecule is CCCC(COC)NC(=O)CCC1CCNC1. The molecule has 0 saturated carbocycles. The zero-order valence-corrected chi connectivity index (χ0v) is 11.1. The van der Waals surface area contributed by atoms with Crippen molar-refractivity contribution in [3.63, 3.8) is 0 Å². The third-order valence-electron chi connectivity index (χ3n) is 3.31. The van der Waals surface area contributed by atoms with Crippen molar-refractivity contribution >= 4 is 5.91 Å². The Kier molecular flexibility index (Phi) is 7.21. The van der Waals surface area contributed by atoms with Gasteiger partial charge in [-0.1, -0.05) is 13.3 Å². The van der Waals surface area contributed by atoms with Crippen molar-refractivity contribution in [2.24, 2.45) is 5.92 Å². The first-order chi connectivity index (χ1) is 8.26. The van der Waals surface area contributed by atoms with E-state index in [9.17, 15) is 4.79 Å². The minimum Gasteiger partial charge on any atom is -0.383 e. The molecule has 0 spiro atoms. The van der Waals surface area contributed by atoms with Crippen LogP contribution < -0.4 is 10.6 Å². The predicted octanol–water partition coefficient (Wildman–Crippen LogP) is 1.31. The van der Waals surface area contributed by atoms with Gasteiger partial charge in [-0.2, -0.15) is 0 Å². The van der Waals surface area contributed by atoms with Crippen molar-refractivity contribution < 1.29 is 9.53 Å². The fraction of sp³-hybridized carbons (Fsp3) is 0.923.